The van der Waals surface area contributed by atoms with Crippen LogP contribution in [-0.4, -0.2) is 24.0 Å². The van der Waals surface area contributed by atoms with Crippen LogP contribution in [0.1, 0.15) is 20.7 Å². The zero-order valence-corrected chi connectivity index (χ0v) is 14.2. The van der Waals surface area contributed by atoms with E-state index in [0.29, 0.717) is 22.3 Å². The number of hydrogen-bond acceptors (Lipinski definition) is 5. The molecule has 6 nitrogen and oxygen atoms in total. The molecule has 4 rings (SSSR count). The summed E-state index contributed by atoms with van der Waals surface area (Å²) in [4.78, 5) is 28.5. The Morgan fingerprint density at radius 2 is 1.81 bits per heavy atom. The first kappa shape index (κ1) is 16.7. The molecule has 0 unspecified atom stereocenters. The fourth-order valence-corrected chi connectivity index (χ4v) is 2.93. The molecule has 0 aliphatic heterocycles. The number of rotatable bonds is 4. The van der Waals surface area contributed by atoms with E-state index in [1.807, 2.05) is 0 Å². The Balaban J connectivity index is 1.73. The van der Waals surface area contributed by atoms with Crippen molar-refractivity contribution in [1.29, 1.82) is 0 Å². The lowest BCUT2D eigenvalue weighted by Crippen LogP contribution is -2.14. The number of benzene rings is 2. The van der Waals surface area contributed by atoms with Gasteiger partial charge in [-0.05, 0) is 48.0 Å². The number of aromatic nitrogens is 1. The Bertz CT molecular complexity index is 1140. The number of carbonyl (C=O) groups is 2. The summed E-state index contributed by atoms with van der Waals surface area (Å²) < 4.78 is 24.4. The number of nitrogens with zero attached hydrogens (tertiary/aromatic N) is 1. The van der Waals surface area contributed by atoms with Crippen LogP contribution in [0.3, 0.4) is 0 Å². The molecule has 0 fully saturated rings. The minimum atomic E-state index is -0.667. The highest BCUT2D eigenvalue weighted by atomic mass is 19.1. The average molecular weight is 364 g/mol. The van der Waals surface area contributed by atoms with Gasteiger partial charge in [-0.1, -0.05) is 0 Å². The highest BCUT2D eigenvalue weighted by molar-refractivity contribution is 6.16. The summed E-state index contributed by atoms with van der Waals surface area (Å²) in [6.45, 7) is 0. The van der Waals surface area contributed by atoms with Crippen molar-refractivity contribution in [3.8, 4) is 11.1 Å². The quantitative estimate of drug-likeness (QED) is 0.551. The van der Waals surface area contributed by atoms with Crippen molar-refractivity contribution in [1.82, 2.24) is 4.98 Å². The van der Waals surface area contributed by atoms with E-state index in [2.05, 4.69) is 15.0 Å². The maximum atomic E-state index is 14.1. The van der Waals surface area contributed by atoms with E-state index in [1.165, 1.54) is 19.2 Å². The summed E-state index contributed by atoms with van der Waals surface area (Å²) in [5.41, 5.74) is 2.60. The van der Waals surface area contributed by atoms with Gasteiger partial charge >= 0.3 is 5.97 Å². The maximum Gasteiger partial charge on any atom is 0.337 e. The van der Waals surface area contributed by atoms with Gasteiger partial charge in [0.05, 0.1) is 23.9 Å². The van der Waals surface area contributed by atoms with Crippen molar-refractivity contribution in [3.63, 3.8) is 0 Å². The van der Waals surface area contributed by atoms with Crippen LogP contribution in [0.2, 0.25) is 0 Å². The molecule has 3 aromatic heterocycles. The zero-order valence-electron chi connectivity index (χ0n) is 14.2. The lowest BCUT2D eigenvalue weighted by Gasteiger charge is -2.09. The third-order valence-electron chi connectivity index (χ3n) is 4.18. The molecule has 1 amide bonds. The van der Waals surface area contributed by atoms with E-state index in [9.17, 15) is 14.0 Å². The molecule has 0 aliphatic carbocycles. The van der Waals surface area contributed by atoms with E-state index in [-0.39, 0.29) is 11.3 Å². The third kappa shape index (κ3) is 2.89. The van der Waals surface area contributed by atoms with Crippen molar-refractivity contribution < 1.29 is 23.1 Å². The van der Waals surface area contributed by atoms with Gasteiger partial charge in [-0.3, -0.25) is 9.78 Å². The first-order chi connectivity index (χ1) is 13.1. The van der Waals surface area contributed by atoms with Crippen molar-refractivity contribution in [2.45, 2.75) is 0 Å². The molecule has 1 aromatic carbocycles. The number of amides is 1. The van der Waals surface area contributed by atoms with Gasteiger partial charge in [0.25, 0.3) is 5.91 Å². The largest absolute Gasteiger partial charge is 0.465 e. The molecule has 0 radical (unpaired) electrons. The first-order valence-electron chi connectivity index (χ1n) is 8.03. The second-order valence-corrected chi connectivity index (χ2v) is 5.79. The number of esters is 1. The SMILES string of the molecule is COC(=O)c1ccc(F)c(NC(=O)c2c(-c3ccncc3)c3ccc2o3)c1. The van der Waals surface area contributed by atoms with Crippen LogP contribution in [0, 0.1) is 5.82 Å². The van der Waals surface area contributed by atoms with E-state index in [0.717, 1.165) is 11.6 Å². The molecule has 0 saturated heterocycles. The molecule has 134 valence electrons. The van der Waals surface area contributed by atoms with Gasteiger partial charge in [0.1, 0.15) is 17.0 Å². The molecular formula is C20H13FN2O4. The predicted molar refractivity (Wildman–Crippen MR) is 96.3 cm³/mol. The molecule has 27 heavy (non-hydrogen) atoms. The number of carbonyl (C=O) groups excluding carboxylic acids is 2. The minimum absolute atomic E-state index is 0.123. The van der Waals surface area contributed by atoms with Gasteiger partial charge < -0.3 is 14.5 Å². The van der Waals surface area contributed by atoms with Crippen LogP contribution in [0.25, 0.3) is 22.3 Å². The van der Waals surface area contributed by atoms with Crippen LogP contribution in [0.4, 0.5) is 10.1 Å². The Hall–Kier alpha value is -3.74. The highest BCUT2D eigenvalue weighted by Gasteiger charge is 2.25. The minimum Gasteiger partial charge on any atom is -0.465 e. The predicted octanol–water partition coefficient (Wildman–Crippen LogP) is 4.11. The number of nitrogens with one attached hydrogen (secondary N) is 1. The molecule has 1 N–H and O–H groups in total. The zero-order chi connectivity index (χ0) is 19.0. The standard InChI is InChI=1S/C20H13FN2O4/c1-26-20(25)12-2-3-13(21)14(10-12)23-19(24)18-16-5-4-15(27-16)17(18)11-6-8-22-9-7-11/h2-10H,1H3,(H,23,24). The molecule has 0 aliphatic rings. The Morgan fingerprint density at radius 1 is 1.07 bits per heavy atom. The van der Waals surface area contributed by atoms with Crippen molar-refractivity contribution in [2.24, 2.45) is 0 Å². The van der Waals surface area contributed by atoms with E-state index in [1.54, 1.807) is 36.7 Å². The number of methoxy groups -OCH3 is 1. The fraction of sp³-hybridized carbons (Fsp3) is 0.0500. The molecule has 0 atom stereocenters. The van der Waals surface area contributed by atoms with E-state index >= 15 is 0 Å². The van der Waals surface area contributed by atoms with Crippen LogP contribution in [-0.2, 0) is 4.74 Å². The van der Waals surface area contributed by atoms with E-state index in [4.69, 9.17) is 4.42 Å². The Kier molecular flexibility index (Phi) is 4.04. The topological polar surface area (TPSA) is 81.4 Å². The van der Waals surface area contributed by atoms with Gasteiger partial charge in [0.2, 0.25) is 0 Å². The number of halogens is 1. The van der Waals surface area contributed by atoms with Crippen LogP contribution in [0.15, 0.2) is 59.3 Å². The lowest BCUT2D eigenvalue weighted by atomic mass is 10.00. The summed E-state index contributed by atoms with van der Waals surface area (Å²) in [6, 6.07) is 10.6. The van der Waals surface area contributed by atoms with Crippen LogP contribution < -0.4 is 5.32 Å². The van der Waals surface area contributed by atoms with Gasteiger partial charge in [-0.2, -0.15) is 0 Å². The monoisotopic (exact) mass is 364 g/mol. The molecule has 0 saturated carbocycles. The third-order valence-corrected chi connectivity index (χ3v) is 4.18. The number of furan rings is 2. The molecule has 7 heteroatoms. The van der Waals surface area contributed by atoms with Crippen molar-refractivity contribution in [3.05, 3.63) is 71.8 Å². The fourth-order valence-electron chi connectivity index (χ4n) is 2.93. The van der Waals surface area contributed by atoms with Crippen molar-refractivity contribution in [2.75, 3.05) is 12.4 Å². The maximum absolute atomic E-state index is 14.1. The van der Waals surface area contributed by atoms with E-state index < -0.39 is 17.7 Å². The second-order valence-electron chi connectivity index (χ2n) is 5.79. The number of hydrogen-bond donors (Lipinski definition) is 1. The van der Waals surface area contributed by atoms with Crippen LogP contribution >= 0.6 is 0 Å². The Morgan fingerprint density at radius 3 is 2.56 bits per heavy atom. The van der Waals surface area contributed by atoms with Gasteiger partial charge in [0.15, 0.2) is 0 Å². The summed E-state index contributed by atoms with van der Waals surface area (Å²) >= 11 is 0. The first-order valence-corrected chi connectivity index (χ1v) is 8.03. The van der Waals surface area contributed by atoms with Gasteiger partial charge in [-0.15, -0.1) is 0 Å². The summed E-state index contributed by atoms with van der Waals surface area (Å²) in [7, 11) is 1.22. The second kappa shape index (κ2) is 6.53. The normalized spacial score (nSPS) is 10.9. The lowest BCUT2D eigenvalue weighted by molar-refractivity contribution is 0.0600. The van der Waals surface area contributed by atoms with Crippen molar-refractivity contribution >= 4 is 28.7 Å². The summed E-state index contributed by atoms with van der Waals surface area (Å²) in [5, 5.41) is 2.51. The average Bonchev–Trinajstić information content (AvgIpc) is 3.31. The smallest absolute Gasteiger partial charge is 0.337 e. The molecule has 3 heterocycles. The number of pyridine rings is 1. The molecule has 2 bridgehead atoms. The number of anilines is 1. The summed E-state index contributed by atoms with van der Waals surface area (Å²) in [5.74, 6) is -1.84. The molecule has 0 spiro atoms. The summed E-state index contributed by atoms with van der Waals surface area (Å²) in [6.07, 6.45) is 3.22. The number of fused-ring (bicyclic) bond motifs is 2. The highest BCUT2D eigenvalue weighted by Crippen LogP contribution is 2.37. The van der Waals surface area contributed by atoms with Crippen LogP contribution in [0.5, 0.6) is 0 Å². The Labute approximate surface area is 152 Å². The molecular weight excluding hydrogens is 351 g/mol. The number of ether oxygens (including phenoxy) is 1. The van der Waals surface area contributed by atoms with Gasteiger partial charge in [-0.25, -0.2) is 9.18 Å². The molecule has 4 aromatic rings. The van der Waals surface area contributed by atoms with Gasteiger partial charge in [0, 0.05) is 18.0 Å².